The van der Waals surface area contributed by atoms with Gasteiger partial charge in [0.1, 0.15) is 17.9 Å². The van der Waals surface area contributed by atoms with Crippen molar-refractivity contribution in [2.45, 2.75) is 38.0 Å². The van der Waals surface area contributed by atoms with Crippen molar-refractivity contribution in [2.75, 3.05) is 7.11 Å². The minimum Gasteiger partial charge on any atom is -0.508 e. The number of phenolic OH excluding ortho intramolecular Hbond substituents is 1. The lowest BCUT2D eigenvalue weighted by Gasteiger charge is -2.29. The molecule has 8 heteroatoms. The topological polar surface area (TPSA) is 128 Å². The molecule has 0 radical (unpaired) electrons. The summed E-state index contributed by atoms with van der Waals surface area (Å²) in [7, 11) is 1.21. The Balaban J connectivity index is 1.97. The summed E-state index contributed by atoms with van der Waals surface area (Å²) in [5, 5.41) is 12.0. The Bertz CT molecular complexity index is 869. The first-order valence-corrected chi connectivity index (χ1v) is 9.37. The zero-order valence-electron chi connectivity index (χ0n) is 17.0. The van der Waals surface area contributed by atoms with Gasteiger partial charge in [-0.05, 0) is 30.2 Å². The largest absolute Gasteiger partial charge is 0.508 e. The fourth-order valence-corrected chi connectivity index (χ4v) is 2.85. The van der Waals surface area contributed by atoms with E-state index in [0.29, 0.717) is 5.56 Å². The highest BCUT2D eigenvalue weighted by Crippen LogP contribution is 2.18. The van der Waals surface area contributed by atoms with E-state index >= 15 is 0 Å². The number of esters is 2. The van der Waals surface area contributed by atoms with Crippen LogP contribution in [0.1, 0.15) is 24.5 Å². The fraction of sp³-hybridized carbons (Fsp3) is 0.318. The van der Waals surface area contributed by atoms with Gasteiger partial charge in [-0.25, -0.2) is 4.79 Å². The Kier molecular flexibility index (Phi) is 7.94. The molecule has 0 saturated carbocycles. The summed E-state index contributed by atoms with van der Waals surface area (Å²) in [6, 6.07) is 14.1. The minimum absolute atomic E-state index is 0.0781. The van der Waals surface area contributed by atoms with Crippen molar-refractivity contribution in [3.63, 3.8) is 0 Å². The van der Waals surface area contributed by atoms with Gasteiger partial charge in [-0.2, -0.15) is 0 Å². The highest BCUT2D eigenvalue weighted by Gasteiger charge is 2.37. The fourth-order valence-electron chi connectivity index (χ4n) is 2.85. The average Bonchev–Trinajstić information content (AvgIpc) is 2.74. The molecule has 8 nitrogen and oxygen atoms in total. The lowest BCUT2D eigenvalue weighted by molar-refractivity contribution is -0.151. The van der Waals surface area contributed by atoms with Crippen LogP contribution in [0.2, 0.25) is 0 Å². The van der Waals surface area contributed by atoms with E-state index in [4.69, 9.17) is 15.2 Å². The number of benzene rings is 2. The summed E-state index contributed by atoms with van der Waals surface area (Å²) in [5.41, 5.74) is 5.95. The molecule has 0 heterocycles. The predicted molar refractivity (Wildman–Crippen MR) is 109 cm³/mol. The molecule has 2 rings (SSSR count). The van der Waals surface area contributed by atoms with Crippen LogP contribution in [0, 0.1) is 0 Å². The Hall–Kier alpha value is -3.39. The Labute approximate surface area is 175 Å². The normalized spacial score (nSPS) is 13.6. The van der Waals surface area contributed by atoms with Gasteiger partial charge in [0.05, 0.1) is 19.6 Å². The molecule has 0 spiro atoms. The molecule has 0 aliphatic carbocycles. The number of rotatable bonds is 9. The van der Waals surface area contributed by atoms with E-state index in [1.54, 1.807) is 12.1 Å². The number of aromatic hydroxyl groups is 1. The third-order valence-corrected chi connectivity index (χ3v) is 4.50. The van der Waals surface area contributed by atoms with Crippen molar-refractivity contribution in [3.8, 4) is 5.75 Å². The van der Waals surface area contributed by atoms with Crippen molar-refractivity contribution < 1.29 is 29.0 Å². The molecule has 0 aromatic heterocycles. The van der Waals surface area contributed by atoms with Crippen LogP contribution in [-0.4, -0.2) is 41.6 Å². The molecule has 4 N–H and O–H groups in total. The number of nitrogens with one attached hydrogen (secondary N) is 1. The van der Waals surface area contributed by atoms with Crippen LogP contribution in [0.4, 0.5) is 0 Å². The lowest BCUT2D eigenvalue weighted by atomic mass is 9.92. The van der Waals surface area contributed by atoms with Gasteiger partial charge in [0.15, 0.2) is 0 Å². The molecule has 0 unspecified atom stereocenters. The standard InChI is InChI=1S/C22H26N2O6/c1-22(21(28)29-2,13-15-8-10-17(25)11-9-15)24-20(27)18(23)12-19(26)30-14-16-6-4-3-5-7-16/h3-11,18,25H,12-14,23H2,1-2H3,(H,24,27)/t18-,22-/m0/s1. The zero-order chi connectivity index (χ0) is 22.1. The quantitative estimate of drug-likeness (QED) is 0.530. The number of carbonyl (C=O) groups excluding carboxylic acids is 3. The second kappa shape index (κ2) is 10.4. The van der Waals surface area contributed by atoms with E-state index in [0.717, 1.165) is 5.56 Å². The maximum absolute atomic E-state index is 12.5. The zero-order valence-corrected chi connectivity index (χ0v) is 17.0. The Morgan fingerprint density at radius 2 is 1.70 bits per heavy atom. The molecule has 0 saturated heterocycles. The molecule has 0 bridgehead atoms. The number of nitrogens with two attached hydrogens (primary N) is 1. The smallest absolute Gasteiger partial charge is 0.331 e. The molecule has 2 aromatic rings. The molecule has 0 aliphatic heterocycles. The van der Waals surface area contributed by atoms with Crippen molar-refractivity contribution in [3.05, 3.63) is 65.7 Å². The maximum atomic E-state index is 12.5. The molecule has 30 heavy (non-hydrogen) atoms. The molecular weight excluding hydrogens is 388 g/mol. The maximum Gasteiger partial charge on any atom is 0.331 e. The first-order valence-electron chi connectivity index (χ1n) is 9.37. The third-order valence-electron chi connectivity index (χ3n) is 4.50. The minimum atomic E-state index is -1.41. The number of amides is 1. The van der Waals surface area contributed by atoms with Crippen LogP contribution in [0.25, 0.3) is 0 Å². The SMILES string of the molecule is COC(=O)[C@](C)(Cc1ccc(O)cc1)NC(=O)[C@@H](N)CC(=O)OCc1ccccc1. The third kappa shape index (κ3) is 6.59. The molecular formula is C22H26N2O6. The first-order chi connectivity index (χ1) is 14.2. The Morgan fingerprint density at radius 1 is 1.07 bits per heavy atom. The van der Waals surface area contributed by atoms with Crippen LogP contribution in [0.3, 0.4) is 0 Å². The van der Waals surface area contributed by atoms with Crippen LogP contribution in [0.15, 0.2) is 54.6 Å². The Morgan fingerprint density at radius 3 is 2.30 bits per heavy atom. The van der Waals surface area contributed by atoms with Gasteiger partial charge in [0.25, 0.3) is 0 Å². The summed E-state index contributed by atoms with van der Waals surface area (Å²) >= 11 is 0. The van der Waals surface area contributed by atoms with Gasteiger partial charge in [0.2, 0.25) is 5.91 Å². The molecule has 2 atom stereocenters. The number of carbonyl (C=O) groups is 3. The van der Waals surface area contributed by atoms with E-state index < -0.39 is 29.4 Å². The number of hydrogen-bond acceptors (Lipinski definition) is 7. The lowest BCUT2D eigenvalue weighted by Crippen LogP contribution is -2.58. The van der Waals surface area contributed by atoms with E-state index in [1.807, 2.05) is 30.3 Å². The van der Waals surface area contributed by atoms with Crippen molar-refractivity contribution >= 4 is 17.8 Å². The summed E-state index contributed by atoms with van der Waals surface area (Å²) in [4.78, 5) is 36.9. The van der Waals surface area contributed by atoms with Gasteiger partial charge < -0.3 is 25.6 Å². The van der Waals surface area contributed by atoms with Gasteiger partial charge in [-0.1, -0.05) is 42.5 Å². The van der Waals surface area contributed by atoms with Crippen LogP contribution in [-0.2, 0) is 36.9 Å². The van der Waals surface area contributed by atoms with Crippen LogP contribution < -0.4 is 11.1 Å². The van der Waals surface area contributed by atoms with E-state index in [9.17, 15) is 19.5 Å². The van der Waals surface area contributed by atoms with E-state index in [1.165, 1.54) is 26.2 Å². The monoisotopic (exact) mass is 414 g/mol. The predicted octanol–water partition coefficient (Wildman–Crippen LogP) is 1.44. The van der Waals surface area contributed by atoms with Gasteiger partial charge in [0, 0.05) is 6.42 Å². The highest BCUT2D eigenvalue weighted by atomic mass is 16.5. The summed E-state index contributed by atoms with van der Waals surface area (Å²) in [5.74, 6) is -1.89. The van der Waals surface area contributed by atoms with Crippen LogP contribution >= 0.6 is 0 Å². The molecule has 0 aliphatic rings. The molecule has 2 aromatic carbocycles. The van der Waals surface area contributed by atoms with Crippen molar-refractivity contribution in [2.24, 2.45) is 5.73 Å². The molecule has 1 amide bonds. The number of methoxy groups -OCH3 is 1. The molecule has 0 fully saturated rings. The summed E-state index contributed by atoms with van der Waals surface area (Å²) in [6.45, 7) is 1.58. The van der Waals surface area contributed by atoms with Crippen molar-refractivity contribution in [1.29, 1.82) is 0 Å². The van der Waals surface area contributed by atoms with E-state index in [2.05, 4.69) is 5.32 Å². The first kappa shape index (κ1) is 22.9. The second-order valence-corrected chi connectivity index (χ2v) is 7.11. The van der Waals surface area contributed by atoms with Crippen LogP contribution in [0.5, 0.6) is 5.75 Å². The van der Waals surface area contributed by atoms with Crippen molar-refractivity contribution in [1.82, 2.24) is 5.32 Å². The van der Waals surface area contributed by atoms with Gasteiger partial charge in [-0.15, -0.1) is 0 Å². The highest BCUT2D eigenvalue weighted by molar-refractivity contribution is 5.92. The van der Waals surface area contributed by atoms with E-state index in [-0.39, 0.29) is 25.2 Å². The summed E-state index contributed by atoms with van der Waals surface area (Å²) < 4.78 is 9.97. The van der Waals surface area contributed by atoms with Gasteiger partial charge in [-0.3, -0.25) is 9.59 Å². The average molecular weight is 414 g/mol. The number of phenols is 1. The number of ether oxygens (including phenoxy) is 2. The number of hydrogen-bond donors (Lipinski definition) is 3. The summed E-state index contributed by atoms with van der Waals surface area (Å²) in [6.07, 6.45) is -0.230. The molecule has 160 valence electrons. The van der Waals surface area contributed by atoms with Gasteiger partial charge >= 0.3 is 11.9 Å². The second-order valence-electron chi connectivity index (χ2n) is 7.11.